The van der Waals surface area contributed by atoms with Gasteiger partial charge in [0, 0.05) is 18.3 Å². The van der Waals surface area contributed by atoms with Crippen molar-refractivity contribution < 1.29 is 0 Å². The van der Waals surface area contributed by atoms with Gasteiger partial charge in [-0.2, -0.15) is 0 Å². The van der Waals surface area contributed by atoms with Crippen LogP contribution >= 0.6 is 12.2 Å². The number of rotatable bonds is 5. The Balaban J connectivity index is 2.04. The molecule has 1 aliphatic rings. The van der Waals surface area contributed by atoms with E-state index in [9.17, 15) is 0 Å². The van der Waals surface area contributed by atoms with E-state index in [-0.39, 0.29) is 0 Å². The third-order valence-electron chi connectivity index (χ3n) is 3.41. The minimum absolute atomic E-state index is 0.334. The predicted molar refractivity (Wildman–Crippen MR) is 83.6 cm³/mol. The summed E-state index contributed by atoms with van der Waals surface area (Å²) in [6, 6.07) is 4.21. The van der Waals surface area contributed by atoms with Crippen LogP contribution in [0.5, 0.6) is 0 Å². The third-order valence-corrected chi connectivity index (χ3v) is 3.63. The average molecular weight is 278 g/mol. The second-order valence-electron chi connectivity index (χ2n) is 5.27. The molecular formula is C14H22N4S. The van der Waals surface area contributed by atoms with E-state index in [0.717, 1.165) is 23.6 Å². The van der Waals surface area contributed by atoms with Gasteiger partial charge < -0.3 is 16.0 Å². The molecule has 19 heavy (non-hydrogen) atoms. The normalized spacial score (nSPS) is 17.4. The van der Waals surface area contributed by atoms with Gasteiger partial charge in [0.05, 0.1) is 5.56 Å². The average Bonchev–Trinajstić information content (AvgIpc) is 2.81. The molecule has 0 amide bonds. The van der Waals surface area contributed by atoms with Gasteiger partial charge in [-0.1, -0.05) is 12.2 Å². The number of nitrogens with one attached hydrogen (secondary N) is 1. The van der Waals surface area contributed by atoms with Crippen LogP contribution in [0.25, 0.3) is 0 Å². The maximum atomic E-state index is 5.74. The van der Waals surface area contributed by atoms with Crippen molar-refractivity contribution in [2.24, 2.45) is 5.73 Å². The van der Waals surface area contributed by atoms with Crippen LogP contribution in [0.2, 0.25) is 0 Å². The molecule has 1 atom stereocenters. The van der Waals surface area contributed by atoms with Crippen LogP contribution in [0.1, 0.15) is 31.0 Å². The molecule has 0 aromatic carbocycles. The number of aryl methyl sites for hydroxylation is 1. The first kappa shape index (κ1) is 14.2. The lowest BCUT2D eigenvalue weighted by Gasteiger charge is -2.22. The SMILES string of the molecule is Cc1ccc(C(N)=S)c(NC(C)CN2CCCC2)n1. The molecule has 0 bridgehead atoms. The van der Waals surface area contributed by atoms with Crippen molar-refractivity contribution in [1.82, 2.24) is 9.88 Å². The van der Waals surface area contributed by atoms with Crippen LogP contribution in [-0.4, -0.2) is 40.5 Å². The number of thiocarbonyl (C=S) groups is 1. The summed E-state index contributed by atoms with van der Waals surface area (Å²) in [6.45, 7) is 7.59. The summed E-state index contributed by atoms with van der Waals surface area (Å²) in [4.78, 5) is 7.38. The van der Waals surface area contributed by atoms with Crippen LogP contribution in [0.15, 0.2) is 12.1 Å². The largest absolute Gasteiger partial charge is 0.389 e. The quantitative estimate of drug-likeness (QED) is 0.806. The van der Waals surface area contributed by atoms with Crippen molar-refractivity contribution in [3.8, 4) is 0 Å². The summed E-state index contributed by atoms with van der Waals surface area (Å²) < 4.78 is 0. The molecule has 2 rings (SSSR count). The third kappa shape index (κ3) is 3.88. The fourth-order valence-corrected chi connectivity index (χ4v) is 2.66. The number of pyridine rings is 1. The van der Waals surface area contributed by atoms with Gasteiger partial charge in [0.2, 0.25) is 0 Å². The fourth-order valence-electron chi connectivity index (χ4n) is 2.50. The molecular weight excluding hydrogens is 256 g/mol. The Morgan fingerprint density at radius 2 is 2.16 bits per heavy atom. The van der Waals surface area contributed by atoms with Gasteiger partial charge in [-0.15, -0.1) is 0 Å². The summed E-state index contributed by atoms with van der Waals surface area (Å²) in [5.74, 6) is 0.805. The molecule has 104 valence electrons. The van der Waals surface area contributed by atoms with Crippen LogP contribution in [-0.2, 0) is 0 Å². The number of aromatic nitrogens is 1. The second kappa shape index (κ2) is 6.30. The van der Waals surface area contributed by atoms with E-state index in [0.29, 0.717) is 11.0 Å². The second-order valence-corrected chi connectivity index (χ2v) is 5.71. The molecule has 1 aliphatic heterocycles. The monoisotopic (exact) mass is 278 g/mol. The van der Waals surface area contributed by atoms with E-state index in [2.05, 4.69) is 22.1 Å². The van der Waals surface area contributed by atoms with Gasteiger partial charge >= 0.3 is 0 Å². The Morgan fingerprint density at radius 3 is 2.79 bits per heavy atom. The maximum absolute atomic E-state index is 5.74. The summed E-state index contributed by atoms with van der Waals surface area (Å²) in [6.07, 6.45) is 2.63. The predicted octanol–water partition coefficient (Wildman–Crippen LogP) is 1.92. The van der Waals surface area contributed by atoms with Crippen molar-refractivity contribution >= 4 is 23.0 Å². The molecule has 2 heterocycles. The van der Waals surface area contributed by atoms with E-state index in [1.54, 1.807) is 0 Å². The van der Waals surface area contributed by atoms with Gasteiger partial charge in [0.25, 0.3) is 0 Å². The van der Waals surface area contributed by atoms with Crippen molar-refractivity contribution in [2.75, 3.05) is 25.0 Å². The molecule has 5 heteroatoms. The number of likely N-dealkylation sites (tertiary alicyclic amines) is 1. The molecule has 0 aliphatic carbocycles. The Kier molecular flexibility index (Phi) is 4.71. The zero-order chi connectivity index (χ0) is 13.8. The summed E-state index contributed by atoms with van der Waals surface area (Å²) in [5.41, 5.74) is 7.54. The molecule has 3 N–H and O–H groups in total. The first-order chi connectivity index (χ1) is 9.06. The molecule has 4 nitrogen and oxygen atoms in total. The molecule has 1 saturated heterocycles. The van der Waals surface area contributed by atoms with Crippen molar-refractivity contribution in [3.63, 3.8) is 0 Å². The van der Waals surface area contributed by atoms with E-state index >= 15 is 0 Å². The zero-order valence-corrected chi connectivity index (χ0v) is 12.5. The van der Waals surface area contributed by atoms with E-state index in [1.165, 1.54) is 25.9 Å². The molecule has 1 aromatic heterocycles. The molecule has 0 radical (unpaired) electrons. The lowest BCUT2D eigenvalue weighted by atomic mass is 10.2. The number of anilines is 1. The summed E-state index contributed by atoms with van der Waals surface area (Å²) in [5, 5.41) is 3.44. The Hall–Kier alpha value is -1.20. The molecule has 1 unspecified atom stereocenters. The van der Waals surface area contributed by atoms with Crippen LogP contribution in [0.3, 0.4) is 0 Å². The first-order valence-corrected chi connectivity index (χ1v) is 7.23. The minimum atomic E-state index is 0.334. The molecule has 0 saturated carbocycles. The fraction of sp³-hybridized carbons (Fsp3) is 0.571. The Morgan fingerprint density at radius 1 is 1.47 bits per heavy atom. The number of hydrogen-bond acceptors (Lipinski definition) is 4. The minimum Gasteiger partial charge on any atom is -0.389 e. The lowest BCUT2D eigenvalue weighted by Crippen LogP contribution is -2.33. The molecule has 1 aromatic rings. The topological polar surface area (TPSA) is 54.2 Å². The molecule has 1 fully saturated rings. The first-order valence-electron chi connectivity index (χ1n) is 6.82. The van der Waals surface area contributed by atoms with E-state index < -0.39 is 0 Å². The number of nitrogens with zero attached hydrogens (tertiary/aromatic N) is 2. The maximum Gasteiger partial charge on any atom is 0.136 e. The highest BCUT2D eigenvalue weighted by Crippen LogP contribution is 2.16. The van der Waals surface area contributed by atoms with E-state index in [4.69, 9.17) is 18.0 Å². The van der Waals surface area contributed by atoms with E-state index in [1.807, 2.05) is 19.1 Å². The Bertz CT molecular complexity index is 455. The van der Waals surface area contributed by atoms with Gasteiger partial charge in [-0.3, -0.25) is 0 Å². The lowest BCUT2D eigenvalue weighted by molar-refractivity contribution is 0.327. The summed E-state index contributed by atoms with van der Waals surface area (Å²) >= 11 is 5.08. The number of nitrogens with two attached hydrogens (primary N) is 1. The van der Waals surface area contributed by atoms with Crippen molar-refractivity contribution in [3.05, 3.63) is 23.4 Å². The zero-order valence-electron chi connectivity index (χ0n) is 11.6. The molecule has 0 spiro atoms. The Labute approximate surface area is 120 Å². The smallest absolute Gasteiger partial charge is 0.136 e. The van der Waals surface area contributed by atoms with Crippen molar-refractivity contribution in [1.29, 1.82) is 0 Å². The van der Waals surface area contributed by atoms with Gasteiger partial charge in [-0.25, -0.2) is 4.98 Å². The van der Waals surface area contributed by atoms with Gasteiger partial charge in [0.15, 0.2) is 0 Å². The van der Waals surface area contributed by atoms with Crippen molar-refractivity contribution in [2.45, 2.75) is 32.7 Å². The standard InChI is InChI=1S/C14H22N4S/c1-10-5-6-12(13(15)19)14(16-10)17-11(2)9-18-7-3-4-8-18/h5-6,11H,3-4,7-9H2,1-2H3,(H2,15,19)(H,16,17). The highest BCUT2D eigenvalue weighted by Gasteiger charge is 2.16. The number of hydrogen-bond donors (Lipinski definition) is 2. The summed E-state index contributed by atoms with van der Waals surface area (Å²) in [7, 11) is 0. The van der Waals surface area contributed by atoms with Crippen LogP contribution in [0.4, 0.5) is 5.82 Å². The van der Waals surface area contributed by atoms with Gasteiger partial charge in [-0.05, 0) is 51.9 Å². The van der Waals surface area contributed by atoms with Crippen LogP contribution in [0, 0.1) is 6.92 Å². The van der Waals surface area contributed by atoms with Crippen LogP contribution < -0.4 is 11.1 Å². The highest BCUT2D eigenvalue weighted by molar-refractivity contribution is 7.80. The highest BCUT2D eigenvalue weighted by atomic mass is 32.1. The van der Waals surface area contributed by atoms with Gasteiger partial charge in [0.1, 0.15) is 10.8 Å².